The molecule has 0 spiro atoms. The van der Waals surface area contributed by atoms with Crippen LogP contribution >= 0.6 is 11.8 Å². The first-order valence-corrected chi connectivity index (χ1v) is 9.47. The number of hydrogen-bond donors (Lipinski definition) is 2. The monoisotopic (exact) mass is 388 g/mol. The molecule has 2 amide bonds. The maximum atomic E-state index is 12.2. The number of carbonyl (C=O) groups is 2. The van der Waals surface area contributed by atoms with Crippen molar-refractivity contribution in [1.82, 2.24) is 20.8 Å². The van der Waals surface area contributed by atoms with Gasteiger partial charge in [-0.05, 0) is 32.9 Å². The molecule has 3 rings (SSSR count). The second-order valence-electron chi connectivity index (χ2n) is 5.96. The Kier molecular flexibility index (Phi) is 5.80. The lowest BCUT2D eigenvalue weighted by molar-refractivity contribution is -0.138. The molecule has 2 heterocycles. The number of urea groups is 1. The highest BCUT2D eigenvalue weighted by molar-refractivity contribution is 7.99. The van der Waals surface area contributed by atoms with E-state index >= 15 is 0 Å². The molecule has 9 heteroatoms. The van der Waals surface area contributed by atoms with Crippen LogP contribution in [-0.2, 0) is 9.53 Å². The van der Waals surface area contributed by atoms with Gasteiger partial charge in [0.2, 0.25) is 5.89 Å². The summed E-state index contributed by atoms with van der Waals surface area (Å²) in [6.45, 7) is 5.73. The number of nitrogens with one attached hydrogen (secondary N) is 2. The average Bonchev–Trinajstić information content (AvgIpc) is 3.09. The second-order valence-corrected chi connectivity index (χ2v) is 6.89. The lowest BCUT2D eigenvalue weighted by Crippen LogP contribution is -2.49. The van der Waals surface area contributed by atoms with Crippen molar-refractivity contribution >= 4 is 23.8 Å². The highest BCUT2D eigenvalue weighted by Crippen LogP contribution is 2.26. The predicted octanol–water partition coefficient (Wildman–Crippen LogP) is 2.66. The number of carbonyl (C=O) groups excluding carboxylic acids is 2. The Bertz CT molecular complexity index is 876. The van der Waals surface area contributed by atoms with Crippen LogP contribution in [0.5, 0.6) is 0 Å². The molecule has 0 unspecified atom stereocenters. The quantitative estimate of drug-likeness (QED) is 0.579. The van der Waals surface area contributed by atoms with Crippen molar-refractivity contribution in [2.75, 3.05) is 12.4 Å². The van der Waals surface area contributed by atoms with E-state index in [4.69, 9.17) is 9.15 Å². The normalized spacial score (nSPS) is 16.7. The van der Waals surface area contributed by atoms with Gasteiger partial charge >= 0.3 is 12.0 Å². The van der Waals surface area contributed by atoms with Crippen LogP contribution in [0.15, 0.2) is 45.2 Å². The third-order valence-corrected chi connectivity index (χ3v) is 4.76. The third kappa shape index (κ3) is 4.48. The van der Waals surface area contributed by atoms with Crippen LogP contribution in [0.25, 0.3) is 11.5 Å². The lowest BCUT2D eigenvalue weighted by Gasteiger charge is -2.26. The molecule has 2 N–H and O–H groups in total. The van der Waals surface area contributed by atoms with Crippen molar-refractivity contribution in [3.63, 3.8) is 0 Å². The van der Waals surface area contributed by atoms with Crippen molar-refractivity contribution in [1.29, 1.82) is 0 Å². The van der Waals surface area contributed by atoms with E-state index in [9.17, 15) is 9.59 Å². The summed E-state index contributed by atoms with van der Waals surface area (Å²) in [7, 11) is 0. The van der Waals surface area contributed by atoms with Crippen LogP contribution in [0.2, 0.25) is 0 Å². The summed E-state index contributed by atoms with van der Waals surface area (Å²) in [6, 6.07) is 6.95. The molecule has 2 aromatic rings. The highest BCUT2D eigenvalue weighted by atomic mass is 32.2. The zero-order valence-corrected chi connectivity index (χ0v) is 16.1. The predicted molar refractivity (Wildman–Crippen MR) is 100.0 cm³/mol. The molecule has 0 fully saturated rings. The number of nitrogens with zero attached hydrogens (tertiary/aromatic N) is 2. The molecule has 1 aliphatic rings. The number of esters is 1. The molecule has 0 saturated heterocycles. The average molecular weight is 388 g/mol. The molecular weight excluding hydrogens is 368 g/mol. The molecule has 1 atom stereocenters. The Morgan fingerprint density at radius 2 is 2.04 bits per heavy atom. The molecule has 27 heavy (non-hydrogen) atoms. The number of amides is 2. The summed E-state index contributed by atoms with van der Waals surface area (Å²) >= 11 is 1.24. The van der Waals surface area contributed by atoms with Gasteiger partial charge in [0.15, 0.2) is 0 Å². The standard InChI is InChI=1S/C18H20N4O4S/c1-4-25-16(23)14-11(3)19-17(24)20-13(14)9-27-18-22-21-15(26-18)12-7-5-10(2)6-8-12/h5-8,11H,4,9H2,1-3H3,(H2,19,20,24)/t11-/m0/s1. The Morgan fingerprint density at radius 1 is 1.30 bits per heavy atom. The van der Waals surface area contributed by atoms with Gasteiger partial charge in [-0.2, -0.15) is 0 Å². The van der Waals surface area contributed by atoms with Crippen molar-refractivity contribution in [2.24, 2.45) is 0 Å². The van der Waals surface area contributed by atoms with Gasteiger partial charge in [0.25, 0.3) is 5.22 Å². The summed E-state index contributed by atoms with van der Waals surface area (Å²) < 4.78 is 10.8. The Hall–Kier alpha value is -2.81. The van der Waals surface area contributed by atoms with E-state index in [1.54, 1.807) is 13.8 Å². The first-order chi connectivity index (χ1) is 13.0. The van der Waals surface area contributed by atoms with Crippen LogP contribution in [0.4, 0.5) is 4.79 Å². The van der Waals surface area contributed by atoms with E-state index in [0.717, 1.165) is 11.1 Å². The maximum absolute atomic E-state index is 12.2. The molecular formula is C18H20N4O4S. The zero-order valence-electron chi connectivity index (χ0n) is 15.2. The number of hydrogen-bond acceptors (Lipinski definition) is 7. The van der Waals surface area contributed by atoms with Gasteiger partial charge in [-0.15, -0.1) is 10.2 Å². The number of rotatable bonds is 6. The summed E-state index contributed by atoms with van der Waals surface area (Å²) in [5, 5.41) is 13.7. The third-order valence-electron chi connectivity index (χ3n) is 3.91. The number of thioether (sulfide) groups is 1. The summed E-state index contributed by atoms with van der Waals surface area (Å²) in [4.78, 5) is 24.0. The van der Waals surface area contributed by atoms with Crippen LogP contribution < -0.4 is 10.6 Å². The molecule has 1 aromatic carbocycles. The molecule has 0 aliphatic carbocycles. The minimum atomic E-state index is -0.459. The van der Waals surface area contributed by atoms with Crippen LogP contribution in [0, 0.1) is 6.92 Å². The van der Waals surface area contributed by atoms with Gasteiger partial charge in [0.1, 0.15) is 0 Å². The van der Waals surface area contributed by atoms with Crippen LogP contribution in [0.1, 0.15) is 19.4 Å². The van der Waals surface area contributed by atoms with Gasteiger partial charge in [0, 0.05) is 17.0 Å². The van der Waals surface area contributed by atoms with E-state index < -0.39 is 12.0 Å². The van der Waals surface area contributed by atoms with Crippen LogP contribution in [-0.4, -0.2) is 40.6 Å². The first kappa shape index (κ1) is 19.0. The van der Waals surface area contributed by atoms with E-state index in [1.807, 2.05) is 31.2 Å². The molecule has 142 valence electrons. The van der Waals surface area contributed by atoms with Crippen molar-refractivity contribution < 1.29 is 18.7 Å². The van der Waals surface area contributed by atoms with Crippen LogP contribution in [0.3, 0.4) is 0 Å². The minimum Gasteiger partial charge on any atom is -0.463 e. The number of ether oxygens (including phenoxy) is 1. The second kappa shape index (κ2) is 8.26. The van der Waals surface area contributed by atoms with Gasteiger partial charge < -0.3 is 19.8 Å². The maximum Gasteiger partial charge on any atom is 0.337 e. The zero-order chi connectivity index (χ0) is 19.4. The van der Waals surface area contributed by atoms with Gasteiger partial charge in [-0.3, -0.25) is 0 Å². The lowest BCUT2D eigenvalue weighted by atomic mass is 10.1. The fourth-order valence-electron chi connectivity index (χ4n) is 2.61. The molecule has 0 radical (unpaired) electrons. The number of benzene rings is 1. The molecule has 0 bridgehead atoms. The largest absolute Gasteiger partial charge is 0.463 e. The Morgan fingerprint density at radius 3 is 2.74 bits per heavy atom. The van der Waals surface area contributed by atoms with E-state index in [-0.39, 0.29) is 12.6 Å². The first-order valence-electron chi connectivity index (χ1n) is 8.49. The molecule has 1 aromatic heterocycles. The highest BCUT2D eigenvalue weighted by Gasteiger charge is 2.29. The fourth-order valence-corrected chi connectivity index (χ4v) is 3.34. The van der Waals surface area contributed by atoms with Crippen molar-refractivity contribution in [3.05, 3.63) is 41.1 Å². The molecule has 1 aliphatic heterocycles. The van der Waals surface area contributed by atoms with E-state index in [1.165, 1.54) is 11.8 Å². The van der Waals surface area contributed by atoms with Gasteiger partial charge in [-0.25, -0.2) is 9.59 Å². The summed E-state index contributed by atoms with van der Waals surface area (Å²) in [6.07, 6.45) is 0. The number of aromatic nitrogens is 2. The minimum absolute atomic E-state index is 0.257. The van der Waals surface area contributed by atoms with Gasteiger partial charge in [-0.1, -0.05) is 29.5 Å². The van der Waals surface area contributed by atoms with Crippen molar-refractivity contribution in [2.45, 2.75) is 32.0 Å². The van der Waals surface area contributed by atoms with E-state index in [2.05, 4.69) is 20.8 Å². The Balaban J connectivity index is 1.75. The topological polar surface area (TPSA) is 106 Å². The fraction of sp³-hybridized carbons (Fsp3) is 0.333. The van der Waals surface area contributed by atoms with E-state index in [0.29, 0.717) is 28.1 Å². The smallest absolute Gasteiger partial charge is 0.337 e. The molecule has 0 saturated carbocycles. The summed E-state index contributed by atoms with van der Waals surface area (Å²) in [5.74, 6) is 0.250. The van der Waals surface area contributed by atoms with Gasteiger partial charge in [0.05, 0.1) is 18.2 Å². The SMILES string of the molecule is CCOC(=O)C1=C(CSc2nnc(-c3ccc(C)cc3)o2)NC(=O)N[C@H]1C. The summed E-state index contributed by atoms with van der Waals surface area (Å²) in [5.41, 5.74) is 2.84. The van der Waals surface area contributed by atoms with Crippen molar-refractivity contribution in [3.8, 4) is 11.5 Å². The number of aryl methyl sites for hydroxylation is 1. The Labute approximate surface area is 160 Å². The molecule has 8 nitrogen and oxygen atoms in total.